The molecule has 3 aliphatic heterocycles. The van der Waals surface area contributed by atoms with Gasteiger partial charge in [-0.3, -0.25) is 4.79 Å². The van der Waals surface area contributed by atoms with Crippen LogP contribution in [0.15, 0.2) is 30.7 Å². The fraction of sp³-hybridized carbons (Fsp3) is 0.467. The number of piperidine rings is 3. The summed E-state index contributed by atoms with van der Waals surface area (Å²) in [5.74, 6) is 0.681. The van der Waals surface area contributed by atoms with E-state index in [1.807, 2.05) is 28.9 Å². The molecule has 2 bridgehead atoms. The van der Waals surface area contributed by atoms with Crippen LogP contribution in [0.25, 0.3) is 5.65 Å². The number of pyridine rings is 1. The second-order valence-electron chi connectivity index (χ2n) is 5.83. The third-order valence-corrected chi connectivity index (χ3v) is 4.62. The minimum atomic E-state index is 0.0272. The summed E-state index contributed by atoms with van der Waals surface area (Å²) in [5, 5.41) is 3.21. The number of nitrogens with one attached hydrogen (secondary N) is 1. The Morgan fingerprint density at radius 1 is 1.30 bits per heavy atom. The molecule has 5 nitrogen and oxygen atoms in total. The molecule has 0 aromatic carbocycles. The first-order chi connectivity index (χ1) is 9.79. The van der Waals surface area contributed by atoms with Crippen molar-refractivity contribution in [3.63, 3.8) is 0 Å². The Morgan fingerprint density at radius 3 is 2.90 bits per heavy atom. The molecule has 2 aromatic rings. The molecule has 0 radical (unpaired) electrons. The van der Waals surface area contributed by atoms with Crippen LogP contribution in [0.4, 0.5) is 0 Å². The van der Waals surface area contributed by atoms with Crippen molar-refractivity contribution in [2.24, 2.45) is 5.92 Å². The van der Waals surface area contributed by atoms with Gasteiger partial charge in [0, 0.05) is 31.2 Å². The molecule has 3 saturated heterocycles. The van der Waals surface area contributed by atoms with Crippen molar-refractivity contribution in [1.29, 1.82) is 0 Å². The average molecular weight is 270 g/mol. The normalized spacial score (nSPS) is 28.7. The predicted octanol–water partition coefficient (Wildman–Crippen LogP) is 1.16. The highest BCUT2D eigenvalue weighted by atomic mass is 16.1. The summed E-state index contributed by atoms with van der Waals surface area (Å²) in [6.45, 7) is 3.39. The molecule has 1 atom stereocenters. The highest BCUT2D eigenvalue weighted by Crippen LogP contribution is 2.27. The number of aromatic nitrogens is 2. The number of carbonyl (C=O) groups is 1. The summed E-state index contributed by atoms with van der Waals surface area (Å²) in [7, 11) is 0. The lowest BCUT2D eigenvalue weighted by atomic mass is 9.84. The molecule has 1 unspecified atom stereocenters. The van der Waals surface area contributed by atoms with Crippen LogP contribution in [0.5, 0.6) is 0 Å². The van der Waals surface area contributed by atoms with Crippen molar-refractivity contribution in [3.05, 3.63) is 36.3 Å². The van der Waals surface area contributed by atoms with E-state index in [0.717, 1.165) is 12.2 Å². The minimum Gasteiger partial charge on any atom is -0.348 e. The van der Waals surface area contributed by atoms with Crippen LogP contribution in [0.1, 0.15) is 23.2 Å². The van der Waals surface area contributed by atoms with Gasteiger partial charge in [-0.15, -0.1) is 0 Å². The van der Waals surface area contributed by atoms with E-state index < -0.39 is 0 Å². The van der Waals surface area contributed by atoms with Gasteiger partial charge in [-0.25, -0.2) is 4.98 Å². The number of hydrogen-bond donors (Lipinski definition) is 1. The summed E-state index contributed by atoms with van der Waals surface area (Å²) in [5.41, 5.74) is 1.57. The lowest BCUT2D eigenvalue weighted by molar-refractivity contribution is 0.0620. The first kappa shape index (κ1) is 11.9. The first-order valence-corrected chi connectivity index (χ1v) is 7.25. The lowest BCUT2D eigenvalue weighted by Gasteiger charge is -2.44. The number of imidazole rings is 1. The molecule has 5 heteroatoms. The van der Waals surface area contributed by atoms with E-state index in [1.54, 1.807) is 6.20 Å². The molecule has 0 saturated carbocycles. The molecule has 1 N–H and O–H groups in total. The van der Waals surface area contributed by atoms with E-state index in [2.05, 4.69) is 15.2 Å². The number of carbonyl (C=O) groups excluding carboxylic acids is 1. The minimum absolute atomic E-state index is 0.0272. The standard InChI is InChI=1S/C15H18N4O/c20-15(12-1-2-14-16-5-8-19(14)9-12)17-13-10-18-6-3-11(13)4-7-18/h1-2,5,8-9,11,13H,3-4,6-7,10H2,(H,17,20). The number of hydrogen-bond acceptors (Lipinski definition) is 3. The van der Waals surface area contributed by atoms with E-state index in [-0.39, 0.29) is 5.91 Å². The van der Waals surface area contributed by atoms with Gasteiger partial charge in [0.05, 0.1) is 5.56 Å². The third-order valence-electron chi connectivity index (χ3n) is 4.62. The molecule has 0 aliphatic carbocycles. The van der Waals surface area contributed by atoms with Crippen LogP contribution in [0, 0.1) is 5.92 Å². The van der Waals surface area contributed by atoms with E-state index >= 15 is 0 Å². The fourth-order valence-electron chi connectivity index (χ4n) is 3.43. The quantitative estimate of drug-likeness (QED) is 0.891. The summed E-state index contributed by atoms with van der Waals surface area (Å²) >= 11 is 0. The first-order valence-electron chi connectivity index (χ1n) is 7.25. The lowest BCUT2D eigenvalue weighted by Crippen LogP contribution is -2.57. The molecule has 5 heterocycles. The number of nitrogens with zero attached hydrogens (tertiary/aromatic N) is 3. The van der Waals surface area contributed by atoms with Gasteiger partial charge < -0.3 is 14.6 Å². The second-order valence-corrected chi connectivity index (χ2v) is 5.83. The topological polar surface area (TPSA) is 49.6 Å². The summed E-state index contributed by atoms with van der Waals surface area (Å²) in [4.78, 5) is 19.0. The Morgan fingerprint density at radius 2 is 2.15 bits per heavy atom. The van der Waals surface area contributed by atoms with Gasteiger partial charge in [0.1, 0.15) is 5.65 Å². The summed E-state index contributed by atoms with van der Waals surface area (Å²) in [6, 6.07) is 4.04. The fourth-order valence-corrected chi connectivity index (χ4v) is 3.43. The molecule has 20 heavy (non-hydrogen) atoms. The van der Waals surface area contributed by atoms with Gasteiger partial charge in [0.25, 0.3) is 5.91 Å². The van der Waals surface area contributed by atoms with Crippen LogP contribution in [-0.2, 0) is 0 Å². The van der Waals surface area contributed by atoms with Crippen LogP contribution < -0.4 is 5.32 Å². The maximum Gasteiger partial charge on any atom is 0.253 e. The van der Waals surface area contributed by atoms with E-state index in [0.29, 0.717) is 17.5 Å². The molecule has 1 amide bonds. The smallest absolute Gasteiger partial charge is 0.253 e. The second kappa shape index (κ2) is 4.59. The van der Waals surface area contributed by atoms with Crippen molar-refractivity contribution in [1.82, 2.24) is 19.6 Å². The molecular formula is C15H18N4O. The summed E-state index contributed by atoms with van der Waals surface area (Å²) in [6.07, 6.45) is 7.88. The maximum absolute atomic E-state index is 12.4. The predicted molar refractivity (Wildman–Crippen MR) is 75.6 cm³/mol. The molecule has 2 aromatic heterocycles. The highest BCUT2D eigenvalue weighted by Gasteiger charge is 2.34. The van der Waals surface area contributed by atoms with Crippen LogP contribution >= 0.6 is 0 Å². The zero-order valence-electron chi connectivity index (χ0n) is 11.3. The van der Waals surface area contributed by atoms with Crippen molar-refractivity contribution in [2.75, 3.05) is 19.6 Å². The average Bonchev–Trinajstić information content (AvgIpc) is 2.96. The van der Waals surface area contributed by atoms with Gasteiger partial charge in [0.15, 0.2) is 0 Å². The van der Waals surface area contributed by atoms with E-state index in [9.17, 15) is 4.79 Å². The van der Waals surface area contributed by atoms with Crippen LogP contribution in [0.2, 0.25) is 0 Å². The van der Waals surface area contributed by atoms with Crippen molar-refractivity contribution < 1.29 is 4.79 Å². The number of amides is 1. The Kier molecular flexibility index (Phi) is 2.73. The summed E-state index contributed by atoms with van der Waals surface area (Å²) < 4.78 is 1.88. The highest BCUT2D eigenvalue weighted by molar-refractivity contribution is 5.94. The molecule has 3 fully saturated rings. The zero-order chi connectivity index (χ0) is 13.5. The van der Waals surface area contributed by atoms with Crippen LogP contribution in [0.3, 0.4) is 0 Å². The molecular weight excluding hydrogens is 252 g/mol. The van der Waals surface area contributed by atoms with Crippen molar-refractivity contribution >= 4 is 11.6 Å². The van der Waals surface area contributed by atoms with Crippen LogP contribution in [-0.4, -0.2) is 45.9 Å². The SMILES string of the molecule is O=C(NC1CN2CCC1CC2)c1ccc2nccn2c1. The van der Waals surface area contributed by atoms with E-state index in [4.69, 9.17) is 0 Å². The van der Waals surface area contributed by atoms with Gasteiger partial charge in [-0.2, -0.15) is 0 Å². The van der Waals surface area contributed by atoms with Gasteiger partial charge in [0.2, 0.25) is 0 Å². The largest absolute Gasteiger partial charge is 0.348 e. The monoisotopic (exact) mass is 270 g/mol. The Balaban J connectivity index is 1.52. The Labute approximate surface area is 117 Å². The number of rotatable bonds is 2. The molecule has 3 aliphatic rings. The maximum atomic E-state index is 12.4. The molecule has 0 spiro atoms. The zero-order valence-corrected chi connectivity index (χ0v) is 11.3. The Bertz CT molecular complexity index is 642. The number of fused-ring (bicyclic) bond motifs is 4. The third kappa shape index (κ3) is 1.98. The van der Waals surface area contributed by atoms with Gasteiger partial charge in [-0.05, 0) is 44.0 Å². The van der Waals surface area contributed by atoms with Gasteiger partial charge >= 0.3 is 0 Å². The Hall–Kier alpha value is -1.88. The molecule has 5 rings (SSSR count). The van der Waals surface area contributed by atoms with Crippen molar-refractivity contribution in [2.45, 2.75) is 18.9 Å². The van der Waals surface area contributed by atoms with E-state index in [1.165, 1.54) is 25.9 Å². The molecule has 104 valence electrons. The van der Waals surface area contributed by atoms with Crippen molar-refractivity contribution in [3.8, 4) is 0 Å². The van der Waals surface area contributed by atoms with Gasteiger partial charge in [-0.1, -0.05) is 0 Å².